The van der Waals surface area contributed by atoms with Crippen molar-refractivity contribution in [3.8, 4) is 17.4 Å². The molecule has 5 nitrogen and oxygen atoms in total. The van der Waals surface area contributed by atoms with E-state index < -0.39 is 11.7 Å². The smallest absolute Gasteiger partial charge is 0.416 e. The summed E-state index contributed by atoms with van der Waals surface area (Å²) in [5, 5.41) is 0. The maximum atomic E-state index is 12.7. The van der Waals surface area contributed by atoms with E-state index in [0.717, 1.165) is 12.1 Å². The predicted molar refractivity (Wildman–Crippen MR) is 70.4 cm³/mol. The van der Waals surface area contributed by atoms with E-state index in [1.165, 1.54) is 12.1 Å². The van der Waals surface area contributed by atoms with Crippen LogP contribution in [-0.2, 0) is 6.18 Å². The Hall–Kier alpha value is -2.38. The number of nitrogen functional groups attached to an aromatic ring is 1. The minimum atomic E-state index is -4.44. The number of halogens is 3. The number of rotatable bonds is 3. The van der Waals surface area contributed by atoms with Crippen molar-refractivity contribution in [2.45, 2.75) is 26.1 Å². The molecule has 0 aliphatic carbocycles. The van der Waals surface area contributed by atoms with E-state index in [4.69, 9.17) is 10.5 Å². The largest absolute Gasteiger partial charge is 0.461 e. The van der Waals surface area contributed by atoms with E-state index in [1.807, 2.05) is 0 Å². The van der Waals surface area contributed by atoms with Gasteiger partial charge in [-0.2, -0.15) is 28.1 Å². The second-order valence-electron chi connectivity index (χ2n) is 4.54. The third kappa shape index (κ3) is 3.80. The summed E-state index contributed by atoms with van der Waals surface area (Å²) in [6.45, 7) is 3.54. The molecule has 0 bridgehead atoms. The summed E-state index contributed by atoms with van der Waals surface area (Å²) in [6, 6.07) is 4.64. The fraction of sp³-hybridized carbons (Fsp3) is 0.308. The van der Waals surface area contributed by atoms with E-state index in [1.54, 1.807) is 13.8 Å². The van der Waals surface area contributed by atoms with Crippen molar-refractivity contribution in [1.29, 1.82) is 0 Å². The van der Waals surface area contributed by atoms with Crippen molar-refractivity contribution in [1.82, 2.24) is 15.0 Å². The SMILES string of the molecule is CC(C)Oc1nc(N)nc(-c2cccc(C(F)(F)F)c2)n1. The molecule has 1 aromatic carbocycles. The van der Waals surface area contributed by atoms with Crippen LogP contribution in [0.3, 0.4) is 0 Å². The van der Waals surface area contributed by atoms with Gasteiger partial charge in [-0.1, -0.05) is 12.1 Å². The molecule has 112 valence electrons. The van der Waals surface area contributed by atoms with Crippen LogP contribution in [0.1, 0.15) is 19.4 Å². The van der Waals surface area contributed by atoms with Crippen molar-refractivity contribution in [3.63, 3.8) is 0 Å². The van der Waals surface area contributed by atoms with Gasteiger partial charge in [0.25, 0.3) is 0 Å². The number of anilines is 1. The number of nitrogens with zero attached hydrogens (tertiary/aromatic N) is 3. The molecule has 0 atom stereocenters. The van der Waals surface area contributed by atoms with Crippen LogP contribution in [-0.4, -0.2) is 21.1 Å². The molecule has 0 fully saturated rings. The lowest BCUT2D eigenvalue weighted by Crippen LogP contribution is -2.11. The molecule has 21 heavy (non-hydrogen) atoms. The van der Waals surface area contributed by atoms with Gasteiger partial charge in [0.05, 0.1) is 11.7 Å². The minimum Gasteiger partial charge on any atom is -0.461 e. The highest BCUT2D eigenvalue weighted by Gasteiger charge is 2.30. The highest BCUT2D eigenvalue weighted by atomic mass is 19.4. The van der Waals surface area contributed by atoms with Crippen LogP contribution in [0.15, 0.2) is 24.3 Å². The highest BCUT2D eigenvalue weighted by Crippen LogP contribution is 2.31. The number of alkyl halides is 3. The number of hydrogen-bond donors (Lipinski definition) is 1. The van der Waals surface area contributed by atoms with E-state index in [9.17, 15) is 13.2 Å². The standard InChI is InChI=1S/C13H13F3N4O/c1-7(2)21-12-19-10(18-11(17)20-12)8-4-3-5-9(6-8)13(14,15)16/h3-7H,1-2H3,(H2,17,18,19,20). The van der Waals surface area contributed by atoms with Crippen molar-refractivity contribution in [2.75, 3.05) is 5.73 Å². The van der Waals surface area contributed by atoms with Gasteiger partial charge in [0.15, 0.2) is 5.82 Å². The van der Waals surface area contributed by atoms with E-state index in [0.29, 0.717) is 0 Å². The molecule has 2 rings (SSSR count). The average Bonchev–Trinajstić information content (AvgIpc) is 2.36. The molecule has 0 spiro atoms. The summed E-state index contributed by atoms with van der Waals surface area (Å²) >= 11 is 0. The van der Waals surface area contributed by atoms with Crippen LogP contribution in [0, 0.1) is 0 Å². The first-order chi connectivity index (χ1) is 9.75. The first-order valence-corrected chi connectivity index (χ1v) is 6.11. The molecule has 1 aromatic heterocycles. The van der Waals surface area contributed by atoms with Gasteiger partial charge in [-0.25, -0.2) is 0 Å². The maximum Gasteiger partial charge on any atom is 0.416 e. The zero-order chi connectivity index (χ0) is 15.6. The fourth-order valence-corrected chi connectivity index (χ4v) is 1.60. The van der Waals surface area contributed by atoms with Gasteiger partial charge in [0.1, 0.15) is 0 Å². The zero-order valence-electron chi connectivity index (χ0n) is 11.3. The molecule has 0 amide bonds. The van der Waals surface area contributed by atoms with E-state index >= 15 is 0 Å². The minimum absolute atomic E-state index is 0.0232. The molecule has 8 heteroatoms. The summed E-state index contributed by atoms with van der Waals surface area (Å²) < 4.78 is 43.4. The van der Waals surface area contributed by atoms with Crippen LogP contribution >= 0.6 is 0 Å². The number of aromatic nitrogens is 3. The lowest BCUT2D eigenvalue weighted by atomic mass is 10.1. The average molecular weight is 298 g/mol. The first kappa shape index (κ1) is 15.0. The lowest BCUT2D eigenvalue weighted by molar-refractivity contribution is -0.137. The molecular formula is C13H13F3N4O. The Balaban J connectivity index is 2.44. The number of nitrogens with two attached hydrogens (primary N) is 1. The van der Waals surface area contributed by atoms with Crippen molar-refractivity contribution < 1.29 is 17.9 Å². The Morgan fingerprint density at radius 1 is 1.14 bits per heavy atom. The van der Waals surface area contributed by atoms with Gasteiger partial charge in [0, 0.05) is 5.56 Å². The van der Waals surface area contributed by atoms with Gasteiger partial charge >= 0.3 is 12.2 Å². The van der Waals surface area contributed by atoms with Gasteiger partial charge in [0.2, 0.25) is 5.95 Å². The van der Waals surface area contributed by atoms with Crippen LogP contribution in [0.4, 0.5) is 19.1 Å². The summed E-state index contributed by atoms with van der Waals surface area (Å²) in [5.74, 6) is -0.0858. The third-order valence-electron chi connectivity index (χ3n) is 2.42. The van der Waals surface area contributed by atoms with Gasteiger partial charge in [-0.15, -0.1) is 0 Å². The van der Waals surface area contributed by atoms with E-state index in [-0.39, 0.29) is 29.5 Å². The van der Waals surface area contributed by atoms with Gasteiger partial charge in [-0.3, -0.25) is 0 Å². The van der Waals surface area contributed by atoms with Crippen LogP contribution in [0.2, 0.25) is 0 Å². The highest BCUT2D eigenvalue weighted by molar-refractivity contribution is 5.57. The number of hydrogen-bond acceptors (Lipinski definition) is 5. The number of benzene rings is 1. The van der Waals surface area contributed by atoms with Gasteiger partial charge in [-0.05, 0) is 26.0 Å². The maximum absolute atomic E-state index is 12.7. The Bertz CT molecular complexity index is 644. The van der Waals surface area contributed by atoms with Crippen LogP contribution < -0.4 is 10.5 Å². The lowest BCUT2D eigenvalue weighted by Gasteiger charge is -2.10. The second-order valence-corrected chi connectivity index (χ2v) is 4.54. The van der Waals surface area contributed by atoms with Crippen molar-refractivity contribution >= 4 is 5.95 Å². The van der Waals surface area contributed by atoms with Gasteiger partial charge < -0.3 is 10.5 Å². The van der Waals surface area contributed by atoms with Crippen LogP contribution in [0.5, 0.6) is 6.01 Å². The van der Waals surface area contributed by atoms with Crippen LogP contribution in [0.25, 0.3) is 11.4 Å². The third-order valence-corrected chi connectivity index (χ3v) is 2.42. The predicted octanol–water partition coefficient (Wildman–Crippen LogP) is 2.93. The summed E-state index contributed by atoms with van der Waals surface area (Å²) in [5.41, 5.74) is 4.93. The Morgan fingerprint density at radius 3 is 2.48 bits per heavy atom. The normalized spacial score (nSPS) is 11.7. The second kappa shape index (κ2) is 5.55. The quantitative estimate of drug-likeness (QED) is 0.943. The summed E-state index contributed by atoms with van der Waals surface area (Å²) in [6.07, 6.45) is -4.63. The Labute approximate surface area is 119 Å². The molecule has 2 aromatic rings. The zero-order valence-corrected chi connectivity index (χ0v) is 11.3. The monoisotopic (exact) mass is 298 g/mol. The fourth-order valence-electron chi connectivity index (χ4n) is 1.60. The molecule has 0 aliphatic rings. The molecule has 0 aliphatic heterocycles. The Morgan fingerprint density at radius 2 is 1.86 bits per heavy atom. The number of ether oxygens (including phenoxy) is 1. The van der Waals surface area contributed by atoms with Crippen molar-refractivity contribution in [2.24, 2.45) is 0 Å². The first-order valence-electron chi connectivity index (χ1n) is 6.11. The van der Waals surface area contributed by atoms with E-state index in [2.05, 4.69) is 15.0 Å². The summed E-state index contributed by atoms with van der Waals surface area (Å²) in [7, 11) is 0. The topological polar surface area (TPSA) is 73.9 Å². The summed E-state index contributed by atoms with van der Waals surface area (Å²) in [4.78, 5) is 11.6. The molecule has 1 heterocycles. The molecule has 0 radical (unpaired) electrons. The molecule has 0 unspecified atom stereocenters. The molecule has 0 saturated carbocycles. The Kier molecular flexibility index (Phi) is 3.97. The molecule has 2 N–H and O–H groups in total. The molecule has 0 saturated heterocycles. The molecular weight excluding hydrogens is 285 g/mol. The van der Waals surface area contributed by atoms with Crippen molar-refractivity contribution in [3.05, 3.63) is 29.8 Å².